The Morgan fingerprint density at radius 3 is 2.31 bits per heavy atom. The molecule has 0 N–H and O–H groups in total. The molecule has 0 aliphatic carbocycles. The summed E-state index contributed by atoms with van der Waals surface area (Å²) >= 11 is 3.37. The highest BCUT2D eigenvalue weighted by Crippen LogP contribution is 2.34. The SMILES string of the molecule is COc1ccc(Oc2nc(Br)ccc2N(Cc2ccccc2OC)C(C)=O)cc1. The molecule has 1 amide bonds. The molecular formula is C22H21BrN2O4. The van der Waals surface area contributed by atoms with Crippen molar-refractivity contribution in [2.45, 2.75) is 13.5 Å². The van der Waals surface area contributed by atoms with Gasteiger partial charge in [-0.15, -0.1) is 0 Å². The molecule has 0 atom stereocenters. The van der Waals surface area contributed by atoms with E-state index in [1.165, 1.54) is 6.92 Å². The molecule has 0 saturated carbocycles. The summed E-state index contributed by atoms with van der Waals surface area (Å²) in [5.74, 6) is 2.19. The Morgan fingerprint density at radius 1 is 0.966 bits per heavy atom. The fourth-order valence-corrected chi connectivity index (χ4v) is 3.11. The highest BCUT2D eigenvalue weighted by Gasteiger charge is 2.20. The second kappa shape index (κ2) is 9.43. The predicted molar refractivity (Wildman–Crippen MR) is 115 cm³/mol. The van der Waals surface area contributed by atoms with Gasteiger partial charge in [-0.1, -0.05) is 18.2 Å². The van der Waals surface area contributed by atoms with Crippen LogP contribution in [-0.2, 0) is 11.3 Å². The molecule has 3 rings (SSSR count). The number of anilines is 1. The Balaban J connectivity index is 1.96. The second-order valence-electron chi connectivity index (χ2n) is 6.15. The first-order valence-electron chi connectivity index (χ1n) is 8.90. The fraction of sp³-hybridized carbons (Fsp3) is 0.182. The van der Waals surface area contributed by atoms with E-state index in [4.69, 9.17) is 14.2 Å². The average Bonchev–Trinajstić information content (AvgIpc) is 2.73. The normalized spacial score (nSPS) is 10.3. The van der Waals surface area contributed by atoms with E-state index in [0.29, 0.717) is 34.2 Å². The third-order valence-electron chi connectivity index (χ3n) is 4.27. The van der Waals surface area contributed by atoms with Gasteiger partial charge in [-0.3, -0.25) is 4.79 Å². The van der Waals surface area contributed by atoms with Crippen LogP contribution in [0.1, 0.15) is 12.5 Å². The van der Waals surface area contributed by atoms with Crippen LogP contribution in [0.3, 0.4) is 0 Å². The number of carbonyl (C=O) groups excluding carboxylic acids is 1. The van der Waals surface area contributed by atoms with E-state index < -0.39 is 0 Å². The smallest absolute Gasteiger partial charge is 0.244 e. The van der Waals surface area contributed by atoms with Gasteiger partial charge in [-0.2, -0.15) is 0 Å². The zero-order valence-electron chi connectivity index (χ0n) is 16.4. The highest BCUT2D eigenvalue weighted by atomic mass is 79.9. The summed E-state index contributed by atoms with van der Waals surface area (Å²) in [5, 5.41) is 0. The summed E-state index contributed by atoms with van der Waals surface area (Å²) in [4.78, 5) is 18.5. The predicted octanol–water partition coefficient (Wildman–Crippen LogP) is 5.21. The molecule has 1 heterocycles. The molecule has 0 spiro atoms. The fourth-order valence-electron chi connectivity index (χ4n) is 2.82. The maximum atomic E-state index is 12.5. The average molecular weight is 457 g/mol. The van der Waals surface area contributed by atoms with Crippen molar-refractivity contribution < 1.29 is 19.0 Å². The number of ether oxygens (including phenoxy) is 3. The van der Waals surface area contributed by atoms with Gasteiger partial charge in [-0.25, -0.2) is 4.98 Å². The minimum absolute atomic E-state index is 0.139. The van der Waals surface area contributed by atoms with E-state index in [-0.39, 0.29) is 5.91 Å². The Bertz CT molecular complexity index is 992. The van der Waals surface area contributed by atoms with Gasteiger partial charge in [-0.05, 0) is 58.4 Å². The first-order valence-corrected chi connectivity index (χ1v) is 9.69. The zero-order valence-corrected chi connectivity index (χ0v) is 18.0. The van der Waals surface area contributed by atoms with Crippen molar-refractivity contribution >= 4 is 27.5 Å². The van der Waals surface area contributed by atoms with Gasteiger partial charge in [0, 0.05) is 12.5 Å². The number of benzene rings is 2. The Morgan fingerprint density at radius 2 is 1.66 bits per heavy atom. The molecule has 0 aliphatic rings. The summed E-state index contributed by atoms with van der Waals surface area (Å²) in [6.07, 6.45) is 0. The van der Waals surface area contributed by atoms with E-state index in [2.05, 4.69) is 20.9 Å². The number of methoxy groups -OCH3 is 2. The largest absolute Gasteiger partial charge is 0.497 e. The summed E-state index contributed by atoms with van der Waals surface area (Å²) in [5.41, 5.74) is 1.44. The lowest BCUT2D eigenvalue weighted by Gasteiger charge is -2.24. The maximum absolute atomic E-state index is 12.5. The minimum Gasteiger partial charge on any atom is -0.497 e. The van der Waals surface area contributed by atoms with Gasteiger partial charge in [0.05, 0.1) is 20.8 Å². The monoisotopic (exact) mass is 456 g/mol. The van der Waals surface area contributed by atoms with Crippen LogP contribution < -0.4 is 19.1 Å². The van der Waals surface area contributed by atoms with Crippen LogP contribution in [0.2, 0.25) is 0 Å². The quantitative estimate of drug-likeness (QED) is 0.456. The van der Waals surface area contributed by atoms with Crippen molar-refractivity contribution in [3.8, 4) is 23.1 Å². The number of amides is 1. The summed E-state index contributed by atoms with van der Waals surface area (Å²) in [6.45, 7) is 1.83. The van der Waals surface area contributed by atoms with E-state index in [1.807, 2.05) is 24.3 Å². The van der Waals surface area contributed by atoms with Crippen LogP contribution in [0.5, 0.6) is 23.1 Å². The van der Waals surface area contributed by atoms with Crippen molar-refractivity contribution in [2.75, 3.05) is 19.1 Å². The number of para-hydroxylation sites is 1. The first-order chi connectivity index (χ1) is 14.0. The van der Waals surface area contributed by atoms with Crippen LogP contribution in [0.15, 0.2) is 65.3 Å². The van der Waals surface area contributed by atoms with E-state index >= 15 is 0 Å². The van der Waals surface area contributed by atoms with Gasteiger partial charge >= 0.3 is 0 Å². The number of pyridine rings is 1. The Labute approximate surface area is 178 Å². The Kier molecular flexibility index (Phi) is 6.72. The second-order valence-corrected chi connectivity index (χ2v) is 6.97. The summed E-state index contributed by atoms with van der Waals surface area (Å²) in [7, 11) is 3.21. The number of hydrogen-bond acceptors (Lipinski definition) is 5. The first kappa shape index (κ1) is 20.7. The number of aromatic nitrogens is 1. The van der Waals surface area contributed by atoms with Gasteiger partial charge in [0.25, 0.3) is 0 Å². The third-order valence-corrected chi connectivity index (χ3v) is 4.71. The zero-order chi connectivity index (χ0) is 20.8. The van der Waals surface area contributed by atoms with Crippen molar-refractivity contribution in [3.05, 3.63) is 70.8 Å². The van der Waals surface area contributed by atoms with Gasteiger partial charge < -0.3 is 19.1 Å². The van der Waals surface area contributed by atoms with E-state index in [1.54, 1.807) is 55.5 Å². The van der Waals surface area contributed by atoms with Crippen LogP contribution in [0.25, 0.3) is 0 Å². The molecule has 3 aromatic rings. The van der Waals surface area contributed by atoms with Crippen molar-refractivity contribution in [1.29, 1.82) is 0 Å². The molecule has 0 aliphatic heterocycles. The van der Waals surface area contributed by atoms with Gasteiger partial charge in [0.2, 0.25) is 11.8 Å². The lowest BCUT2D eigenvalue weighted by atomic mass is 10.1. The molecular weight excluding hydrogens is 436 g/mol. The molecule has 1 aromatic heterocycles. The molecule has 7 heteroatoms. The molecule has 6 nitrogen and oxygen atoms in total. The number of carbonyl (C=O) groups is 1. The molecule has 150 valence electrons. The van der Waals surface area contributed by atoms with Crippen LogP contribution >= 0.6 is 15.9 Å². The molecule has 0 unspecified atom stereocenters. The molecule has 0 saturated heterocycles. The molecule has 0 radical (unpaired) electrons. The topological polar surface area (TPSA) is 60.9 Å². The van der Waals surface area contributed by atoms with Gasteiger partial charge in [0.1, 0.15) is 27.5 Å². The van der Waals surface area contributed by atoms with Crippen LogP contribution in [0.4, 0.5) is 5.69 Å². The minimum atomic E-state index is -0.139. The van der Waals surface area contributed by atoms with Crippen molar-refractivity contribution in [1.82, 2.24) is 4.98 Å². The van der Waals surface area contributed by atoms with E-state index in [9.17, 15) is 4.79 Å². The van der Waals surface area contributed by atoms with E-state index in [0.717, 1.165) is 11.3 Å². The lowest BCUT2D eigenvalue weighted by Crippen LogP contribution is -2.28. The Hall–Kier alpha value is -3.06. The standard InChI is InChI=1S/C22H21BrN2O4/c1-15(26)25(14-16-6-4-5-7-20(16)28-3)19-12-13-21(23)24-22(19)29-18-10-8-17(27-2)9-11-18/h4-13H,14H2,1-3H3. The molecule has 0 fully saturated rings. The maximum Gasteiger partial charge on any atom is 0.244 e. The van der Waals surface area contributed by atoms with Crippen molar-refractivity contribution in [3.63, 3.8) is 0 Å². The molecule has 29 heavy (non-hydrogen) atoms. The number of nitrogens with zero attached hydrogens (tertiary/aromatic N) is 2. The summed E-state index contributed by atoms with van der Waals surface area (Å²) < 4.78 is 17.2. The number of hydrogen-bond donors (Lipinski definition) is 0. The number of halogens is 1. The van der Waals surface area contributed by atoms with Crippen LogP contribution in [0, 0.1) is 0 Å². The van der Waals surface area contributed by atoms with Crippen molar-refractivity contribution in [2.24, 2.45) is 0 Å². The highest BCUT2D eigenvalue weighted by molar-refractivity contribution is 9.10. The third kappa shape index (κ3) is 5.06. The number of rotatable bonds is 7. The van der Waals surface area contributed by atoms with Gasteiger partial charge in [0.15, 0.2) is 0 Å². The molecule has 0 bridgehead atoms. The lowest BCUT2D eigenvalue weighted by molar-refractivity contribution is -0.116. The molecule has 2 aromatic carbocycles. The summed E-state index contributed by atoms with van der Waals surface area (Å²) in [6, 6.07) is 18.3. The van der Waals surface area contributed by atoms with Crippen LogP contribution in [-0.4, -0.2) is 25.1 Å².